The normalized spacial score (nSPS) is 10.6. The van der Waals surface area contributed by atoms with E-state index in [0.29, 0.717) is 11.7 Å². The van der Waals surface area contributed by atoms with Crippen LogP contribution in [0.4, 0.5) is 0 Å². The largest absolute Gasteiger partial charge is 0.339 e. The molecule has 0 spiro atoms. The van der Waals surface area contributed by atoms with Gasteiger partial charge in [-0.15, -0.1) is 0 Å². The van der Waals surface area contributed by atoms with Crippen LogP contribution < -0.4 is 5.32 Å². The third-order valence-electron chi connectivity index (χ3n) is 2.03. The van der Waals surface area contributed by atoms with Crippen molar-refractivity contribution in [3.8, 4) is 0 Å². The van der Waals surface area contributed by atoms with Gasteiger partial charge in [0.25, 0.3) is 0 Å². The molecule has 0 radical (unpaired) electrons. The van der Waals surface area contributed by atoms with Gasteiger partial charge in [-0.25, -0.2) is 9.97 Å². The fraction of sp³-hybridized carbons (Fsp3) is 0.400. The molecule has 2 aromatic rings. The van der Waals surface area contributed by atoms with E-state index in [9.17, 15) is 0 Å². The number of nitrogens with one attached hydrogen (secondary N) is 1. The lowest BCUT2D eigenvalue weighted by molar-refractivity contribution is 0.372. The molecule has 2 heterocycles. The summed E-state index contributed by atoms with van der Waals surface area (Å²) in [6, 6.07) is 1.88. The molecule has 0 aliphatic carbocycles. The Morgan fingerprint density at radius 1 is 1.44 bits per heavy atom. The molecule has 0 fully saturated rings. The predicted octanol–water partition coefficient (Wildman–Crippen LogP) is 0.500. The maximum atomic E-state index is 4.99. The summed E-state index contributed by atoms with van der Waals surface area (Å²) >= 11 is 0. The first-order chi connectivity index (χ1) is 7.84. The fourth-order valence-electron chi connectivity index (χ4n) is 1.28. The van der Waals surface area contributed by atoms with Crippen molar-refractivity contribution in [2.75, 3.05) is 6.54 Å². The molecule has 0 saturated carbocycles. The third kappa shape index (κ3) is 3.09. The fourth-order valence-corrected chi connectivity index (χ4v) is 1.28. The van der Waals surface area contributed by atoms with E-state index in [1.165, 1.54) is 0 Å². The van der Waals surface area contributed by atoms with Crippen LogP contribution in [0.15, 0.2) is 23.1 Å². The molecule has 0 aromatic carbocycles. The van der Waals surface area contributed by atoms with Crippen LogP contribution in [0, 0.1) is 6.92 Å². The lowest BCUT2D eigenvalue weighted by Crippen LogP contribution is -2.17. The van der Waals surface area contributed by atoms with Gasteiger partial charge in [-0.1, -0.05) is 5.16 Å². The molecule has 0 atom stereocenters. The van der Waals surface area contributed by atoms with Gasteiger partial charge >= 0.3 is 0 Å². The Morgan fingerprint density at radius 2 is 2.38 bits per heavy atom. The molecular formula is C10H13N5O. The highest BCUT2D eigenvalue weighted by Crippen LogP contribution is 1.96. The number of rotatable bonds is 5. The number of aryl methyl sites for hydroxylation is 1. The average Bonchev–Trinajstić information content (AvgIpc) is 2.72. The average molecular weight is 219 g/mol. The van der Waals surface area contributed by atoms with Crippen molar-refractivity contribution in [2.24, 2.45) is 0 Å². The van der Waals surface area contributed by atoms with Crippen molar-refractivity contribution in [1.82, 2.24) is 25.4 Å². The first-order valence-electron chi connectivity index (χ1n) is 5.09. The van der Waals surface area contributed by atoms with Crippen molar-refractivity contribution in [3.63, 3.8) is 0 Å². The van der Waals surface area contributed by atoms with Crippen LogP contribution in [0.1, 0.15) is 17.4 Å². The van der Waals surface area contributed by atoms with Crippen molar-refractivity contribution in [2.45, 2.75) is 19.9 Å². The van der Waals surface area contributed by atoms with Crippen LogP contribution in [-0.4, -0.2) is 26.7 Å². The van der Waals surface area contributed by atoms with Gasteiger partial charge < -0.3 is 9.84 Å². The van der Waals surface area contributed by atoms with Gasteiger partial charge in [0.1, 0.15) is 6.33 Å². The van der Waals surface area contributed by atoms with Crippen LogP contribution in [-0.2, 0) is 13.0 Å². The second-order valence-electron chi connectivity index (χ2n) is 3.36. The first-order valence-corrected chi connectivity index (χ1v) is 5.09. The van der Waals surface area contributed by atoms with E-state index in [4.69, 9.17) is 4.52 Å². The van der Waals surface area contributed by atoms with E-state index < -0.39 is 0 Å². The molecule has 0 unspecified atom stereocenters. The van der Waals surface area contributed by atoms with Crippen molar-refractivity contribution in [1.29, 1.82) is 0 Å². The van der Waals surface area contributed by atoms with Crippen LogP contribution in [0.5, 0.6) is 0 Å². The lowest BCUT2D eigenvalue weighted by Gasteiger charge is -2.01. The molecule has 1 N–H and O–H groups in total. The van der Waals surface area contributed by atoms with Gasteiger partial charge in [0.05, 0.1) is 5.69 Å². The molecule has 6 nitrogen and oxygen atoms in total. The van der Waals surface area contributed by atoms with E-state index in [1.807, 2.05) is 6.07 Å². The zero-order valence-corrected chi connectivity index (χ0v) is 9.05. The predicted molar refractivity (Wildman–Crippen MR) is 56.5 cm³/mol. The molecule has 6 heteroatoms. The van der Waals surface area contributed by atoms with Gasteiger partial charge in [0, 0.05) is 25.7 Å². The number of hydrogen-bond acceptors (Lipinski definition) is 6. The van der Waals surface area contributed by atoms with E-state index in [2.05, 4.69) is 25.4 Å². The monoisotopic (exact) mass is 219 g/mol. The number of nitrogens with zero attached hydrogens (tertiary/aromatic N) is 4. The molecule has 0 aliphatic rings. The first kappa shape index (κ1) is 10.7. The van der Waals surface area contributed by atoms with Crippen molar-refractivity contribution >= 4 is 0 Å². The summed E-state index contributed by atoms with van der Waals surface area (Å²) < 4.78 is 4.99. The van der Waals surface area contributed by atoms with E-state index in [0.717, 1.165) is 25.2 Å². The highest BCUT2D eigenvalue weighted by atomic mass is 16.5. The van der Waals surface area contributed by atoms with Crippen LogP contribution in [0.25, 0.3) is 0 Å². The van der Waals surface area contributed by atoms with Gasteiger partial charge in [0.15, 0.2) is 5.82 Å². The van der Waals surface area contributed by atoms with E-state index >= 15 is 0 Å². The van der Waals surface area contributed by atoms with Crippen molar-refractivity contribution in [3.05, 3.63) is 36.0 Å². The minimum atomic E-state index is 0.660. The molecule has 2 rings (SSSR count). The Hall–Kier alpha value is -1.82. The summed E-state index contributed by atoms with van der Waals surface area (Å²) in [6.07, 6.45) is 4.00. The Labute approximate surface area is 93.1 Å². The standard InChI is InChI=1S/C10H13N5O/c1-8-14-10(16-15-8)3-5-11-6-9-2-4-12-7-13-9/h2,4,7,11H,3,5-6H2,1H3. The lowest BCUT2D eigenvalue weighted by atomic mass is 10.3. The molecule has 0 amide bonds. The zero-order chi connectivity index (χ0) is 11.2. The minimum absolute atomic E-state index is 0.660. The number of hydrogen-bond donors (Lipinski definition) is 1. The molecule has 0 bridgehead atoms. The molecule has 2 aromatic heterocycles. The van der Waals surface area contributed by atoms with Gasteiger partial charge in [-0.3, -0.25) is 0 Å². The zero-order valence-electron chi connectivity index (χ0n) is 9.05. The smallest absolute Gasteiger partial charge is 0.227 e. The summed E-state index contributed by atoms with van der Waals surface area (Å²) in [5, 5.41) is 6.96. The SMILES string of the molecule is Cc1noc(CCNCc2ccncn2)n1. The summed E-state index contributed by atoms with van der Waals surface area (Å²) in [5.41, 5.74) is 0.969. The Morgan fingerprint density at radius 3 is 3.06 bits per heavy atom. The molecule has 84 valence electrons. The van der Waals surface area contributed by atoms with Gasteiger partial charge in [-0.2, -0.15) is 4.98 Å². The van der Waals surface area contributed by atoms with Crippen LogP contribution in [0.3, 0.4) is 0 Å². The van der Waals surface area contributed by atoms with E-state index in [1.54, 1.807) is 19.4 Å². The highest BCUT2D eigenvalue weighted by molar-refractivity contribution is 4.97. The number of aromatic nitrogens is 4. The van der Waals surface area contributed by atoms with E-state index in [-0.39, 0.29) is 0 Å². The molecule has 16 heavy (non-hydrogen) atoms. The summed E-state index contributed by atoms with van der Waals surface area (Å²) in [4.78, 5) is 12.1. The second-order valence-corrected chi connectivity index (χ2v) is 3.36. The molecular weight excluding hydrogens is 206 g/mol. The summed E-state index contributed by atoms with van der Waals surface area (Å²) in [7, 11) is 0. The Bertz CT molecular complexity index is 428. The van der Waals surface area contributed by atoms with Gasteiger partial charge in [-0.05, 0) is 13.0 Å². The minimum Gasteiger partial charge on any atom is -0.339 e. The third-order valence-corrected chi connectivity index (χ3v) is 2.03. The summed E-state index contributed by atoms with van der Waals surface area (Å²) in [6.45, 7) is 3.31. The maximum Gasteiger partial charge on any atom is 0.227 e. The van der Waals surface area contributed by atoms with Crippen LogP contribution in [0.2, 0.25) is 0 Å². The second kappa shape index (κ2) is 5.32. The van der Waals surface area contributed by atoms with Gasteiger partial charge in [0.2, 0.25) is 5.89 Å². The Balaban J connectivity index is 1.69. The maximum absolute atomic E-state index is 4.99. The quantitative estimate of drug-likeness (QED) is 0.738. The summed E-state index contributed by atoms with van der Waals surface area (Å²) in [5.74, 6) is 1.33. The van der Waals surface area contributed by atoms with Crippen molar-refractivity contribution < 1.29 is 4.52 Å². The van der Waals surface area contributed by atoms with Crippen LogP contribution >= 0.6 is 0 Å². The highest BCUT2D eigenvalue weighted by Gasteiger charge is 2.01. The Kier molecular flexibility index (Phi) is 3.55. The topological polar surface area (TPSA) is 76.7 Å². The molecule has 0 aliphatic heterocycles. The molecule has 0 saturated heterocycles.